The van der Waals surface area contributed by atoms with Gasteiger partial charge in [-0.2, -0.15) is 0 Å². The highest BCUT2D eigenvalue weighted by molar-refractivity contribution is 5.55. The van der Waals surface area contributed by atoms with Crippen molar-refractivity contribution in [2.75, 3.05) is 18.0 Å². The Hall–Kier alpha value is -1.09. The molecule has 0 atom stereocenters. The third-order valence-electron chi connectivity index (χ3n) is 5.06. The summed E-state index contributed by atoms with van der Waals surface area (Å²) < 4.78 is 14.2. The Morgan fingerprint density at radius 2 is 2.00 bits per heavy atom. The van der Waals surface area contributed by atoms with Crippen LogP contribution in [0.15, 0.2) is 18.2 Å². The van der Waals surface area contributed by atoms with Crippen molar-refractivity contribution in [1.29, 1.82) is 0 Å². The molecule has 0 radical (unpaired) electrons. The molecule has 0 aromatic heterocycles. The van der Waals surface area contributed by atoms with Gasteiger partial charge in [-0.25, -0.2) is 4.39 Å². The largest absolute Gasteiger partial charge is 0.371 e. The molecule has 21 heavy (non-hydrogen) atoms. The summed E-state index contributed by atoms with van der Waals surface area (Å²) in [5, 5.41) is 3.35. The van der Waals surface area contributed by atoms with Crippen LogP contribution in [0.3, 0.4) is 0 Å². The maximum absolute atomic E-state index is 14.2. The molecule has 2 rings (SSSR count). The summed E-state index contributed by atoms with van der Waals surface area (Å²) in [5.74, 6) is -0.0915. The van der Waals surface area contributed by atoms with Crippen molar-refractivity contribution in [3.8, 4) is 0 Å². The molecule has 0 saturated carbocycles. The first-order chi connectivity index (χ1) is 10.0. The van der Waals surface area contributed by atoms with Crippen LogP contribution in [0.4, 0.5) is 10.1 Å². The highest BCUT2D eigenvalue weighted by Crippen LogP contribution is 2.40. The van der Waals surface area contributed by atoms with Crippen LogP contribution in [0.2, 0.25) is 0 Å². The Labute approximate surface area is 128 Å². The van der Waals surface area contributed by atoms with Crippen LogP contribution >= 0.6 is 0 Å². The molecule has 0 unspecified atom stereocenters. The lowest BCUT2D eigenvalue weighted by atomic mass is 9.82. The molecule has 1 saturated heterocycles. The van der Waals surface area contributed by atoms with Gasteiger partial charge in [-0.1, -0.05) is 33.8 Å². The average Bonchev–Trinajstić information content (AvgIpc) is 2.90. The van der Waals surface area contributed by atoms with Crippen LogP contribution in [-0.2, 0) is 6.54 Å². The highest BCUT2D eigenvalue weighted by atomic mass is 19.1. The van der Waals surface area contributed by atoms with Crippen LogP contribution in [0.1, 0.15) is 52.5 Å². The molecule has 118 valence electrons. The lowest BCUT2D eigenvalue weighted by Crippen LogP contribution is -2.29. The molecule has 0 bridgehead atoms. The normalized spacial score (nSPS) is 17.7. The van der Waals surface area contributed by atoms with E-state index >= 15 is 0 Å². The van der Waals surface area contributed by atoms with Crippen molar-refractivity contribution < 1.29 is 4.39 Å². The third kappa shape index (κ3) is 3.57. The molecule has 1 aromatic rings. The van der Waals surface area contributed by atoms with E-state index in [1.54, 1.807) is 6.07 Å². The highest BCUT2D eigenvalue weighted by Gasteiger charge is 2.35. The molecule has 1 aromatic carbocycles. The van der Waals surface area contributed by atoms with E-state index < -0.39 is 0 Å². The number of rotatable bonds is 6. The molecule has 2 nitrogen and oxygen atoms in total. The second-order valence-corrected chi connectivity index (χ2v) is 6.65. The van der Waals surface area contributed by atoms with Crippen molar-refractivity contribution in [1.82, 2.24) is 5.32 Å². The lowest BCUT2D eigenvalue weighted by molar-refractivity contribution is 0.301. The summed E-state index contributed by atoms with van der Waals surface area (Å²) in [6.45, 7) is 11.4. The zero-order valence-corrected chi connectivity index (χ0v) is 13.9. The molecule has 1 fully saturated rings. The number of hydrogen-bond donors (Lipinski definition) is 1. The number of anilines is 1. The summed E-state index contributed by atoms with van der Waals surface area (Å²) >= 11 is 0. The molecule has 1 N–H and O–H groups in total. The molecule has 1 aliphatic rings. The Kier molecular flexibility index (Phi) is 5.26. The minimum atomic E-state index is -0.0915. The Morgan fingerprint density at radius 3 is 2.57 bits per heavy atom. The minimum absolute atomic E-state index is 0.0915. The summed E-state index contributed by atoms with van der Waals surface area (Å²) in [5.41, 5.74) is 2.30. The Bertz CT molecular complexity index is 466. The topological polar surface area (TPSA) is 15.3 Å². The van der Waals surface area contributed by atoms with Crippen molar-refractivity contribution in [3.05, 3.63) is 29.6 Å². The number of halogens is 1. The molecular weight excluding hydrogens is 263 g/mol. The van der Waals surface area contributed by atoms with E-state index in [-0.39, 0.29) is 5.82 Å². The first-order valence-electron chi connectivity index (χ1n) is 8.27. The van der Waals surface area contributed by atoms with Gasteiger partial charge in [0, 0.05) is 36.9 Å². The summed E-state index contributed by atoms with van der Waals surface area (Å²) in [4.78, 5) is 2.38. The van der Waals surface area contributed by atoms with E-state index in [9.17, 15) is 4.39 Å². The van der Waals surface area contributed by atoms with Gasteiger partial charge in [0.15, 0.2) is 0 Å². The van der Waals surface area contributed by atoms with E-state index in [2.05, 4.69) is 44.0 Å². The average molecular weight is 292 g/mol. The fraction of sp³-hybridized carbons (Fsp3) is 0.667. The second kappa shape index (κ2) is 6.78. The van der Waals surface area contributed by atoms with Gasteiger partial charge in [0.1, 0.15) is 5.82 Å². The van der Waals surface area contributed by atoms with Gasteiger partial charge in [0.25, 0.3) is 0 Å². The monoisotopic (exact) mass is 292 g/mol. The summed E-state index contributed by atoms with van der Waals surface area (Å²) in [6, 6.07) is 5.84. The lowest BCUT2D eigenvalue weighted by Gasteiger charge is -2.28. The zero-order valence-electron chi connectivity index (χ0n) is 13.9. The summed E-state index contributed by atoms with van der Waals surface area (Å²) in [6.07, 6.45) is 3.62. The number of nitrogens with zero attached hydrogens (tertiary/aromatic N) is 1. The predicted molar refractivity (Wildman–Crippen MR) is 88.2 cm³/mol. The Balaban J connectivity index is 2.22. The molecule has 0 amide bonds. The SMILES string of the molecule is CCC1(CC)CCN(c2cccc(F)c2CNC(C)C)C1. The second-order valence-electron chi connectivity index (χ2n) is 6.65. The van der Waals surface area contributed by atoms with Gasteiger partial charge in [-0.3, -0.25) is 0 Å². The number of hydrogen-bond acceptors (Lipinski definition) is 2. The van der Waals surface area contributed by atoms with Gasteiger partial charge in [-0.05, 0) is 36.8 Å². The summed E-state index contributed by atoms with van der Waals surface area (Å²) in [7, 11) is 0. The van der Waals surface area contributed by atoms with Gasteiger partial charge >= 0.3 is 0 Å². The Morgan fingerprint density at radius 1 is 1.29 bits per heavy atom. The smallest absolute Gasteiger partial charge is 0.129 e. The van der Waals surface area contributed by atoms with Crippen molar-refractivity contribution >= 4 is 5.69 Å². The molecule has 3 heteroatoms. The first kappa shape index (κ1) is 16.3. The molecule has 0 spiro atoms. The van der Waals surface area contributed by atoms with Crippen molar-refractivity contribution in [2.45, 2.75) is 59.5 Å². The number of nitrogens with one attached hydrogen (secondary N) is 1. The van der Waals surface area contributed by atoms with Crippen LogP contribution in [0, 0.1) is 11.2 Å². The van der Waals surface area contributed by atoms with Crippen LogP contribution in [-0.4, -0.2) is 19.1 Å². The quantitative estimate of drug-likeness (QED) is 0.839. The van der Waals surface area contributed by atoms with Crippen molar-refractivity contribution in [2.24, 2.45) is 5.41 Å². The number of benzene rings is 1. The van der Waals surface area contributed by atoms with Crippen LogP contribution < -0.4 is 10.2 Å². The maximum atomic E-state index is 14.2. The van der Waals surface area contributed by atoms with Crippen molar-refractivity contribution in [3.63, 3.8) is 0 Å². The molecular formula is C18H29FN2. The van der Waals surface area contributed by atoms with E-state index in [4.69, 9.17) is 0 Å². The first-order valence-corrected chi connectivity index (χ1v) is 8.27. The standard InChI is InChI=1S/C18H29FN2/c1-5-18(6-2)10-11-21(13-18)17-9-7-8-16(19)15(17)12-20-14(3)4/h7-9,14,20H,5-6,10-13H2,1-4H3. The van der Waals surface area contributed by atoms with Gasteiger partial charge < -0.3 is 10.2 Å². The maximum Gasteiger partial charge on any atom is 0.129 e. The van der Waals surface area contributed by atoms with Gasteiger partial charge in [0.05, 0.1) is 0 Å². The zero-order chi connectivity index (χ0) is 15.5. The molecule has 1 aliphatic heterocycles. The van der Waals surface area contributed by atoms with E-state index in [0.717, 1.165) is 24.3 Å². The fourth-order valence-electron chi connectivity index (χ4n) is 3.29. The van der Waals surface area contributed by atoms with Gasteiger partial charge in [-0.15, -0.1) is 0 Å². The van der Waals surface area contributed by atoms with E-state index in [0.29, 0.717) is 18.0 Å². The van der Waals surface area contributed by atoms with Crippen LogP contribution in [0.5, 0.6) is 0 Å². The molecule has 1 heterocycles. The van der Waals surface area contributed by atoms with Crippen LogP contribution in [0.25, 0.3) is 0 Å². The minimum Gasteiger partial charge on any atom is -0.371 e. The fourth-order valence-corrected chi connectivity index (χ4v) is 3.29. The molecule has 0 aliphatic carbocycles. The third-order valence-corrected chi connectivity index (χ3v) is 5.06. The predicted octanol–water partition coefficient (Wildman–Crippen LogP) is 4.34. The van der Waals surface area contributed by atoms with E-state index in [1.807, 2.05) is 6.07 Å². The van der Waals surface area contributed by atoms with Gasteiger partial charge in [0.2, 0.25) is 0 Å². The van der Waals surface area contributed by atoms with E-state index in [1.165, 1.54) is 19.3 Å².